The van der Waals surface area contributed by atoms with Gasteiger partial charge in [0.05, 0.1) is 12.8 Å². The Hall–Kier alpha value is -4.91. The highest BCUT2D eigenvalue weighted by Crippen LogP contribution is 2.35. The van der Waals surface area contributed by atoms with Crippen LogP contribution in [0.5, 0.6) is 5.75 Å². The maximum atomic E-state index is 12.6. The van der Waals surface area contributed by atoms with Crippen LogP contribution in [-0.4, -0.2) is 27.6 Å². The maximum Gasteiger partial charge on any atom is 0.256 e. The van der Waals surface area contributed by atoms with E-state index in [-0.39, 0.29) is 5.91 Å². The molecule has 0 fully saturated rings. The summed E-state index contributed by atoms with van der Waals surface area (Å²) in [4.78, 5) is 21.7. The summed E-state index contributed by atoms with van der Waals surface area (Å²) in [6.45, 7) is 0. The Kier molecular flexibility index (Phi) is 5.22. The molecule has 5 aromatic rings. The first kappa shape index (κ1) is 21.6. The van der Waals surface area contributed by atoms with Crippen molar-refractivity contribution in [1.29, 1.82) is 0 Å². The van der Waals surface area contributed by atoms with Crippen LogP contribution in [0.4, 0.5) is 17.3 Å². The van der Waals surface area contributed by atoms with Gasteiger partial charge in [-0.1, -0.05) is 18.2 Å². The molecule has 1 amide bonds. The highest BCUT2D eigenvalue weighted by molar-refractivity contribution is 6.35. The second kappa shape index (κ2) is 8.70. The van der Waals surface area contributed by atoms with E-state index < -0.39 is 0 Å². The number of carbonyl (C=O) groups excluding carboxylic acids is 1. The molecular weight excluding hydrogens is 450 g/mol. The number of carbonyl (C=O) groups is 1. The summed E-state index contributed by atoms with van der Waals surface area (Å²) in [6, 6.07) is 23.5. The summed E-state index contributed by atoms with van der Waals surface area (Å²) >= 11 is 0. The average molecular weight is 474 g/mol. The molecule has 0 aliphatic carbocycles. The number of ether oxygens (including phenoxy) is 1. The molecule has 6 rings (SSSR count). The van der Waals surface area contributed by atoms with Crippen molar-refractivity contribution in [1.82, 2.24) is 14.5 Å². The standard InChI is InChI=1S/C29H23N5O2/c1-34-17-19(15-24-22-5-3-4-6-26(22)32-28(24)35)23-16-20(9-12-27(23)34)31-29-30-14-13-25(33-29)18-7-10-21(36-2)11-8-18/h3-17H,1-2H3,(H,32,35)(H,30,31,33)/b24-15+. The van der Waals surface area contributed by atoms with Crippen molar-refractivity contribution in [3.63, 3.8) is 0 Å². The van der Waals surface area contributed by atoms with Gasteiger partial charge in [-0.05, 0) is 60.7 Å². The lowest BCUT2D eigenvalue weighted by Gasteiger charge is -2.08. The van der Waals surface area contributed by atoms with Crippen molar-refractivity contribution in [3.05, 3.63) is 96.3 Å². The number of para-hydroxylation sites is 1. The average Bonchev–Trinajstić information content (AvgIpc) is 3.39. The van der Waals surface area contributed by atoms with Crippen LogP contribution in [0.25, 0.3) is 33.8 Å². The summed E-state index contributed by atoms with van der Waals surface area (Å²) in [5.74, 6) is 1.21. The second-order valence-corrected chi connectivity index (χ2v) is 8.60. The number of benzene rings is 3. The molecule has 0 spiro atoms. The fourth-order valence-corrected chi connectivity index (χ4v) is 4.52. The van der Waals surface area contributed by atoms with Gasteiger partial charge < -0.3 is 19.9 Å². The molecule has 0 radical (unpaired) electrons. The number of rotatable bonds is 5. The lowest BCUT2D eigenvalue weighted by atomic mass is 10.0. The molecule has 0 bridgehead atoms. The van der Waals surface area contributed by atoms with Crippen LogP contribution in [0.1, 0.15) is 11.1 Å². The number of anilines is 3. The number of nitrogens with one attached hydrogen (secondary N) is 2. The minimum absolute atomic E-state index is 0.0915. The Morgan fingerprint density at radius 3 is 2.69 bits per heavy atom. The third-order valence-corrected chi connectivity index (χ3v) is 6.33. The first-order chi connectivity index (χ1) is 17.6. The van der Waals surface area contributed by atoms with E-state index in [1.54, 1.807) is 13.3 Å². The lowest BCUT2D eigenvalue weighted by Crippen LogP contribution is -2.03. The van der Waals surface area contributed by atoms with E-state index in [0.29, 0.717) is 11.5 Å². The Morgan fingerprint density at radius 2 is 1.86 bits per heavy atom. The molecule has 2 aromatic heterocycles. The van der Waals surface area contributed by atoms with Crippen LogP contribution in [0.3, 0.4) is 0 Å². The molecule has 0 saturated carbocycles. The van der Waals surface area contributed by atoms with E-state index in [0.717, 1.165) is 50.4 Å². The number of aryl methyl sites for hydroxylation is 1. The third-order valence-electron chi connectivity index (χ3n) is 6.33. The van der Waals surface area contributed by atoms with E-state index in [2.05, 4.69) is 37.3 Å². The maximum absolute atomic E-state index is 12.6. The zero-order chi connectivity index (χ0) is 24.6. The van der Waals surface area contributed by atoms with Crippen LogP contribution in [0.2, 0.25) is 0 Å². The molecule has 1 aliphatic heterocycles. The summed E-state index contributed by atoms with van der Waals surface area (Å²) in [5, 5.41) is 7.30. The molecule has 3 heterocycles. The topological polar surface area (TPSA) is 81.1 Å². The van der Waals surface area contributed by atoms with E-state index in [1.165, 1.54) is 0 Å². The number of methoxy groups -OCH3 is 1. The normalized spacial score (nSPS) is 13.6. The number of aromatic nitrogens is 3. The minimum Gasteiger partial charge on any atom is -0.497 e. The monoisotopic (exact) mass is 473 g/mol. The molecule has 36 heavy (non-hydrogen) atoms. The predicted octanol–water partition coefficient (Wildman–Crippen LogP) is 5.88. The van der Waals surface area contributed by atoms with Crippen molar-refractivity contribution < 1.29 is 9.53 Å². The summed E-state index contributed by atoms with van der Waals surface area (Å²) < 4.78 is 7.31. The quantitative estimate of drug-likeness (QED) is 0.312. The van der Waals surface area contributed by atoms with E-state index in [4.69, 9.17) is 4.74 Å². The largest absolute Gasteiger partial charge is 0.497 e. The predicted molar refractivity (Wildman–Crippen MR) is 143 cm³/mol. The molecule has 176 valence electrons. The zero-order valence-corrected chi connectivity index (χ0v) is 19.8. The van der Waals surface area contributed by atoms with Crippen LogP contribution in [-0.2, 0) is 11.8 Å². The van der Waals surface area contributed by atoms with Crippen molar-refractivity contribution in [2.24, 2.45) is 7.05 Å². The van der Waals surface area contributed by atoms with Gasteiger partial charge in [0.2, 0.25) is 5.95 Å². The Labute approximate surface area is 208 Å². The smallest absolute Gasteiger partial charge is 0.256 e. The van der Waals surface area contributed by atoms with Gasteiger partial charge in [-0.3, -0.25) is 4.79 Å². The first-order valence-corrected chi connectivity index (χ1v) is 11.5. The highest BCUT2D eigenvalue weighted by atomic mass is 16.5. The summed E-state index contributed by atoms with van der Waals surface area (Å²) in [7, 11) is 3.65. The first-order valence-electron chi connectivity index (χ1n) is 11.5. The second-order valence-electron chi connectivity index (χ2n) is 8.60. The van der Waals surface area contributed by atoms with Gasteiger partial charge in [0, 0.05) is 64.0 Å². The minimum atomic E-state index is -0.0915. The van der Waals surface area contributed by atoms with Crippen LogP contribution < -0.4 is 15.4 Å². The van der Waals surface area contributed by atoms with Gasteiger partial charge in [0.1, 0.15) is 5.75 Å². The number of amides is 1. The van der Waals surface area contributed by atoms with Crippen LogP contribution in [0.15, 0.2) is 85.2 Å². The molecule has 2 N–H and O–H groups in total. The van der Waals surface area contributed by atoms with E-state index in [9.17, 15) is 4.79 Å². The third kappa shape index (κ3) is 3.86. The van der Waals surface area contributed by atoms with Crippen molar-refractivity contribution in [2.75, 3.05) is 17.7 Å². The SMILES string of the molecule is COc1ccc(-c2ccnc(Nc3ccc4c(c3)c(/C=C3/C(=O)Nc5ccccc53)cn4C)n2)cc1. The molecule has 7 nitrogen and oxygen atoms in total. The van der Waals surface area contributed by atoms with Crippen LogP contribution >= 0.6 is 0 Å². The van der Waals surface area contributed by atoms with Crippen molar-refractivity contribution >= 4 is 45.8 Å². The van der Waals surface area contributed by atoms with Gasteiger partial charge in [-0.25, -0.2) is 9.97 Å². The Morgan fingerprint density at radius 1 is 1.03 bits per heavy atom. The fourth-order valence-electron chi connectivity index (χ4n) is 4.52. The molecule has 7 heteroatoms. The zero-order valence-electron chi connectivity index (χ0n) is 19.8. The molecule has 1 aliphatic rings. The molecule has 0 saturated heterocycles. The number of nitrogens with zero attached hydrogens (tertiary/aromatic N) is 3. The molecule has 0 atom stereocenters. The van der Waals surface area contributed by atoms with E-state index in [1.807, 2.05) is 80.0 Å². The number of fused-ring (bicyclic) bond motifs is 2. The van der Waals surface area contributed by atoms with Gasteiger partial charge in [0.15, 0.2) is 0 Å². The number of hydrogen-bond acceptors (Lipinski definition) is 5. The number of hydrogen-bond donors (Lipinski definition) is 2. The summed E-state index contributed by atoms with van der Waals surface area (Å²) in [5.41, 5.74) is 7.08. The molecule has 3 aromatic carbocycles. The molecular formula is C29H23N5O2. The Balaban J connectivity index is 1.34. The van der Waals surface area contributed by atoms with Gasteiger partial charge in [-0.15, -0.1) is 0 Å². The summed E-state index contributed by atoms with van der Waals surface area (Å²) in [6.07, 6.45) is 5.73. The highest BCUT2D eigenvalue weighted by Gasteiger charge is 2.24. The lowest BCUT2D eigenvalue weighted by molar-refractivity contribution is -0.110. The van der Waals surface area contributed by atoms with Gasteiger partial charge in [0.25, 0.3) is 5.91 Å². The fraction of sp³-hybridized carbons (Fsp3) is 0.0690. The van der Waals surface area contributed by atoms with Crippen molar-refractivity contribution in [2.45, 2.75) is 0 Å². The molecule has 0 unspecified atom stereocenters. The van der Waals surface area contributed by atoms with E-state index >= 15 is 0 Å². The van der Waals surface area contributed by atoms with Gasteiger partial charge in [-0.2, -0.15) is 0 Å². The van der Waals surface area contributed by atoms with Gasteiger partial charge >= 0.3 is 0 Å². The Bertz CT molecular complexity index is 1650. The van der Waals surface area contributed by atoms with Crippen molar-refractivity contribution in [3.8, 4) is 17.0 Å². The van der Waals surface area contributed by atoms with Crippen LogP contribution in [0, 0.1) is 0 Å².